The third-order valence-corrected chi connectivity index (χ3v) is 2.01. The standard InChI is InChI=1S/C10H9F2NO3/c1-5(14)6-3-2-4-7-8(6)16-10(11,12)9(15)13-7/h2-5,14H,1H3,(H,13,15)/i1D3,5D. The first-order chi connectivity index (χ1) is 8.97. The molecule has 16 heavy (non-hydrogen) atoms. The van der Waals surface area contributed by atoms with Gasteiger partial charge in [0.15, 0.2) is 5.75 Å². The highest BCUT2D eigenvalue weighted by atomic mass is 19.3. The molecule has 0 spiro atoms. The van der Waals surface area contributed by atoms with E-state index in [2.05, 4.69) is 4.74 Å². The van der Waals surface area contributed by atoms with Crippen LogP contribution in [-0.4, -0.2) is 17.1 Å². The van der Waals surface area contributed by atoms with Gasteiger partial charge in [-0.2, -0.15) is 8.78 Å². The lowest BCUT2D eigenvalue weighted by molar-refractivity contribution is -0.189. The van der Waals surface area contributed by atoms with E-state index in [0.29, 0.717) is 0 Å². The quantitative estimate of drug-likeness (QED) is 0.775. The monoisotopic (exact) mass is 233 g/mol. The lowest BCUT2D eigenvalue weighted by Crippen LogP contribution is -2.43. The van der Waals surface area contributed by atoms with Gasteiger partial charge in [-0.25, -0.2) is 0 Å². The molecule has 6 heteroatoms. The summed E-state index contributed by atoms with van der Waals surface area (Å²) in [5.41, 5.74) is -0.928. The molecule has 2 N–H and O–H groups in total. The third kappa shape index (κ3) is 1.61. The lowest BCUT2D eigenvalue weighted by atomic mass is 10.1. The highest BCUT2D eigenvalue weighted by Crippen LogP contribution is 2.40. The van der Waals surface area contributed by atoms with Crippen molar-refractivity contribution in [1.29, 1.82) is 0 Å². The number of aliphatic hydroxyl groups is 1. The Kier molecular flexibility index (Phi) is 1.45. The molecular weight excluding hydrogens is 220 g/mol. The number of amides is 1. The normalized spacial score (nSPS) is 25.8. The van der Waals surface area contributed by atoms with Gasteiger partial charge in [0.25, 0.3) is 0 Å². The van der Waals surface area contributed by atoms with Crippen molar-refractivity contribution in [1.82, 2.24) is 0 Å². The molecule has 1 aromatic carbocycles. The first-order valence-electron chi connectivity index (χ1n) is 6.21. The second kappa shape index (κ2) is 3.41. The van der Waals surface area contributed by atoms with Crippen molar-refractivity contribution in [3.63, 3.8) is 0 Å². The molecule has 0 saturated heterocycles. The van der Waals surface area contributed by atoms with Gasteiger partial charge in [-0.05, 0) is 12.9 Å². The molecule has 1 aliphatic heterocycles. The van der Waals surface area contributed by atoms with Crippen LogP contribution in [0.25, 0.3) is 0 Å². The molecular formula is C10H9F2NO3. The Morgan fingerprint density at radius 2 is 2.44 bits per heavy atom. The molecule has 4 nitrogen and oxygen atoms in total. The maximum absolute atomic E-state index is 13.2. The zero-order valence-electron chi connectivity index (χ0n) is 11.8. The number of carbonyl (C=O) groups is 1. The minimum absolute atomic E-state index is 0.242. The maximum Gasteiger partial charge on any atom is 0.482 e. The van der Waals surface area contributed by atoms with Crippen LogP contribution < -0.4 is 10.1 Å². The molecule has 1 heterocycles. The molecule has 0 radical (unpaired) electrons. The van der Waals surface area contributed by atoms with E-state index in [1.54, 1.807) is 0 Å². The number of carbonyl (C=O) groups excluding carboxylic acids is 1. The van der Waals surface area contributed by atoms with Crippen LogP contribution in [0.5, 0.6) is 5.75 Å². The number of halogens is 2. The number of fused-ring (bicyclic) bond motifs is 1. The van der Waals surface area contributed by atoms with E-state index < -0.39 is 36.3 Å². The zero-order chi connectivity index (χ0) is 15.3. The summed E-state index contributed by atoms with van der Waals surface area (Å²) < 4.78 is 59.4. The van der Waals surface area contributed by atoms with Gasteiger partial charge in [-0.3, -0.25) is 4.79 Å². The highest BCUT2D eigenvalue weighted by Gasteiger charge is 2.47. The average Bonchev–Trinajstić information content (AvgIpc) is 2.27. The molecule has 2 rings (SSSR count). The van der Waals surface area contributed by atoms with E-state index in [4.69, 9.17) is 5.48 Å². The fraction of sp³-hybridized carbons (Fsp3) is 0.300. The highest BCUT2D eigenvalue weighted by molar-refractivity contribution is 5.98. The molecule has 0 aromatic heterocycles. The Balaban J connectivity index is 2.60. The van der Waals surface area contributed by atoms with Crippen LogP contribution in [0, 0.1) is 0 Å². The van der Waals surface area contributed by atoms with E-state index in [0.717, 1.165) is 6.07 Å². The van der Waals surface area contributed by atoms with Crippen LogP contribution in [0.3, 0.4) is 0 Å². The van der Waals surface area contributed by atoms with Gasteiger partial charge in [-0.15, -0.1) is 0 Å². The number of anilines is 1. The Labute approximate surface area is 95.5 Å². The Morgan fingerprint density at radius 3 is 3.12 bits per heavy atom. The molecule has 0 saturated carbocycles. The van der Waals surface area contributed by atoms with E-state index in [1.807, 2.05) is 5.32 Å². The molecule has 1 aliphatic rings. The van der Waals surface area contributed by atoms with Gasteiger partial charge >= 0.3 is 12.0 Å². The Morgan fingerprint density at radius 1 is 1.69 bits per heavy atom. The zero-order valence-corrected chi connectivity index (χ0v) is 7.75. The van der Waals surface area contributed by atoms with Crippen LogP contribution in [0.15, 0.2) is 18.2 Å². The second-order valence-corrected chi connectivity index (χ2v) is 3.10. The first-order valence-corrected chi connectivity index (χ1v) is 4.21. The van der Waals surface area contributed by atoms with Gasteiger partial charge in [0.2, 0.25) is 0 Å². The maximum atomic E-state index is 13.2. The van der Waals surface area contributed by atoms with Crippen LogP contribution in [0.4, 0.5) is 14.5 Å². The molecule has 1 amide bonds. The smallest absolute Gasteiger partial charge is 0.423 e. The summed E-state index contributed by atoms with van der Waals surface area (Å²) in [6.07, 6.45) is -7.37. The number of alkyl halides is 2. The number of hydrogen-bond acceptors (Lipinski definition) is 3. The summed E-state index contributed by atoms with van der Waals surface area (Å²) >= 11 is 0. The predicted octanol–water partition coefficient (Wildman–Crippen LogP) is 1.66. The summed E-state index contributed by atoms with van der Waals surface area (Å²) in [7, 11) is 0. The average molecular weight is 233 g/mol. The van der Waals surface area contributed by atoms with Gasteiger partial charge in [-0.1, -0.05) is 12.1 Å². The summed E-state index contributed by atoms with van der Waals surface area (Å²) in [6, 6.07) is 3.35. The molecule has 1 unspecified atom stereocenters. The van der Waals surface area contributed by atoms with E-state index >= 15 is 0 Å². The fourth-order valence-corrected chi connectivity index (χ4v) is 1.30. The van der Waals surface area contributed by atoms with Crippen LogP contribution >= 0.6 is 0 Å². The molecule has 86 valence electrons. The van der Waals surface area contributed by atoms with Gasteiger partial charge in [0, 0.05) is 9.68 Å². The minimum atomic E-state index is -4.21. The summed E-state index contributed by atoms with van der Waals surface area (Å²) in [6.45, 7) is -3.19. The summed E-state index contributed by atoms with van der Waals surface area (Å²) in [5, 5.41) is 11.6. The van der Waals surface area contributed by atoms with Crippen LogP contribution in [-0.2, 0) is 4.79 Å². The van der Waals surface area contributed by atoms with Gasteiger partial charge in [0.05, 0.1) is 13.1 Å². The number of para-hydroxylation sites is 1. The van der Waals surface area contributed by atoms with Gasteiger partial charge < -0.3 is 15.2 Å². The minimum Gasteiger partial charge on any atom is -0.423 e. The lowest BCUT2D eigenvalue weighted by Gasteiger charge is -2.27. The molecule has 0 fully saturated rings. The van der Waals surface area contributed by atoms with Crippen molar-refractivity contribution >= 4 is 11.6 Å². The predicted molar refractivity (Wildman–Crippen MR) is 51.3 cm³/mol. The second-order valence-electron chi connectivity index (χ2n) is 3.10. The van der Waals surface area contributed by atoms with Crippen molar-refractivity contribution in [2.45, 2.75) is 19.0 Å². The van der Waals surface area contributed by atoms with E-state index in [1.165, 1.54) is 12.1 Å². The number of hydrogen-bond donors (Lipinski definition) is 2. The van der Waals surface area contributed by atoms with Crippen molar-refractivity contribution < 1.29 is 28.9 Å². The number of ether oxygens (including phenoxy) is 1. The summed E-state index contributed by atoms with van der Waals surface area (Å²) in [5.74, 6) is -2.46. The van der Waals surface area contributed by atoms with Crippen molar-refractivity contribution in [3.8, 4) is 5.75 Å². The number of rotatable bonds is 1. The van der Waals surface area contributed by atoms with Gasteiger partial charge in [0.1, 0.15) is 0 Å². The first kappa shape index (κ1) is 6.80. The molecule has 1 aromatic rings. The SMILES string of the molecule is [2H]C([2H])([2H])C([2H])(O)c1cccc2c1OC(F)(F)C(=O)N2. The number of benzene rings is 1. The summed E-state index contributed by atoms with van der Waals surface area (Å²) in [4.78, 5) is 11.0. The molecule has 0 bridgehead atoms. The molecule has 0 aliphatic carbocycles. The fourth-order valence-electron chi connectivity index (χ4n) is 1.30. The Bertz CT molecular complexity index is 574. The van der Waals surface area contributed by atoms with Crippen molar-refractivity contribution in [2.75, 3.05) is 5.32 Å². The van der Waals surface area contributed by atoms with Crippen LogP contribution in [0.1, 0.15) is 24.0 Å². The van der Waals surface area contributed by atoms with Crippen molar-refractivity contribution in [3.05, 3.63) is 23.8 Å². The van der Waals surface area contributed by atoms with Crippen molar-refractivity contribution in [2.24, 2.45) is 0 Å². The molecule has 1 atom stereocenters. The number of nitrogens with one attached hydrogen (secondary N) is 1. The largest absolute Gasteiger partial charge is 0.482 e. The Hall–Kier alpha value is -1.69. The van der Waals surface area contributed by atoms with Crippen LogP contribution in [0.2, 0.25) is 0 Å². The van der Waals surface area contributed by atoms with E-state index in [9.17, 15) is 18.7 Å². The third-order valence-electron chi connectivity index (χ3n) is 2.01. The van der Waals surface area contributed by atoms with E-state index in [-0.39, 0.29) is 5.69 Å². The topological polar surface area (TPSA) is 58.6 Å².